The van der Waals surface area contributed by atoms with Crippen LogP contribution >= 0.6 is 0 Å². The maximum absolute atomic E-state index is 12.5. The molecule has 6 heteroatoms. The molecule has 0 spiro atoms. The van der Waals surface area contributed by atoms with E-state index in [1.807, 2.05) is 18.2 Å². The summed E-state index contributed by atoms with van der Waals surface area (Å²) >= 11 is 0. The van der Waals surface area contributed by atoms with Gasteiger partial charge in [0.05, 0.1) is 5.56 Å². The van der Waals surface area contributed by atoms with Crippen molar-refractivity contribution < 1.29 is 19.5 Å². The van der Waals surface area contributed by atoms with Gasteiger partial charge in [-0.25, -0.2) is 4.79 Å². The van der Waals surface area contributed by atoms with Gasteiger partial charge in [0.2, 0.25) is 5.91 Å². The molecule has 0 bridgehead atoms. The van der Waals surface area contributed by atoms with E-state index < -0.39 is 5.97 Å². The van der Waals surface area contributed by atoms with Crippen LogP contribution in [0.5, 0.6) is 0 Å². The number of nitrogens with one attached hydrogen (secondary N) is 1. The summed E-state index contributed by atoms with van der Waals surface area (Å²) in [6.07, 6.45) is 2.13. The molecule has 146 valence electrons. The second-order valence-corrected chi connectivity index (χ2v) is 6.96. The summed E-state index contributed by atoms with van der Waals surface area (Å²) in [5, 5.41) is 12.3. The average molecular weight is 380 g/mol. The Morgan fingerprint density at radius 2 is 1.61 bits per heavy atom. The summed E-state index contributed by atoms with van der Waals surface area (Å²) < 4.78 is 0. The lowest BCUT2D eigenvalue weighted by molar-refractivity contribution is -0.132. The average Bonchev–Trinajstić information content (AvgIpc) is 2.73. The van der Waals surface area contributed by atoms with Crippen LogP contribution in [-0.4, -0.2) is 46.9 Å². The summed E-state index contributed by atoms with van der Waals surface area (Å²) in [5.74, 6) is -1.04. The number of rotatable bonds is 6. The fourth-order valence-corrected chi connectivity index (χ4v) is 3.48. The Morgan fingerprint density at radius 3 is 2.29 bits per heavy atom. The third-order valence-corrected chi connectivity index (χ3v) is 5.07. The van der Waals surface area contributed by atoms with Gasteiger partial charge in [0.15, 0.2) is 0 Å². The molecule has 3 rings (SSSR count). The molecule has 0 saturated carbocycles. The maximum atomic E-state index is 12.5. The van der Waals surface area contributed by atoms with Gasteiger partial charge in [-0.05, 0) is 43.0 Å². The van der Waals surface area contributed by atoms with Gasteiger partial charge in [0, 0.05) is 31.1 Å². The number of hydrogen-bond donors (Lipinski definition) is 2. The lowest BCUT2D eigenvalue weighted by atomic mass is 10.0. The Bertz CT molecular complexity index is 843. The Kier molecular flexibility index (Phi) is 6.42. The SMILES string of the molecule is O=C(NC1CCN(C(=O)CCc2ccccc2C(=O)O)CC1)c1ccccc1. The minimum Gasteiger partial charge on any atom is -0.478 e. The number of piperidine rings is 1. The summed E-state index contributed by atoms with van der Waals surface area (Å²) in [5.41, 5.74) is 1.56. The number of hydrogen-bond acceptors (Lipinski definition) is 3. The van der Waals surface area contributed by atoms with Crippen LogP contribution in [0.1, 0.15) is 45.5 Å². The second-order valence-electron chi connectivity index (χ2n) is 6.96. The molecule has 0 aliphatic carbocycles. The fourth-order valence-electron chi connectivity index (χ4n) is 3.48. The Labute approximate surface area is 164 Å². The van der Waals surface area contributed by atoms with Crippen molar-refractivity contribution in [3.05, 3.63) is 71.3 Å². The molecule has 28 heavy (non-hydrogen) atoms. The first-order valence-electron chi connectivity index (χ1n) is 9.49. The van der Waals surface area contributed by atoms with Crippen LogP contribution in [0.25, 0.3) is 0 Å². The highest BCUT2D eigenvalue weighted by atomic mass is 16.4. The molecule has 2 aromatic rings. The van der Waals surface area contributed by atoms with Gasteiger partial charge < -0.3 is 15.3 Å². The molecule has 2 aromatic carbocycles. The number of nitrogens with zero attached hydrogens (tertiary/aromatic N) is 1. The van der Waals surface area contributed by atoms with Gasteiger partial charge in [-0.2, -0.15) is 0 Å². The molecular weight excluding hydrogens is 356 g/mol. The van der Waals surface area contributed by atoms with Crippen LogP contribution in [0.4, 0.5) is 0 Å². The highest BCUT2D eigenvalue weighted by Crippen LogP contribution is 2.15. The van der Waals surface area contributed by atoms with Crippen LogP contribution in [0, 0.1) is 0 Å². The van der Waals surface area contributed by atoms with E-state index in [0.29, 0.717) is 30.6 Å². The predicted molar refractivity (Wildman–Crippen MR) is 105 cm³/mol. The molecule has 1 aliphatic rings. The van der Waals surface area contributed by atoms with E-state index in [-0.39, 0.29) is 29.8 Å². The van der Waals surface area contributed by atoms with Crippen LogP contribution in [0.3, 0.4) is 0 Å². The van der Waals surface area contributed by atoms with Crippen molar-refractivity contribution in [2.45, 2.75) is 31.7 Å². The van der Waals surface area contributed by atoms with Crippen molar-refractivity contribution in [2.75, 3.05) is 13.1 Å². The first kappa shape index (κ1) is 19.6. The first-order chi connectivity index (χ1) is 13.5. The smallest absolute Gasteiger partial charge is 0.335 e. The molecular formula is C22H24N2O4. The third-order valence-electron chi connectivity index (χ3n) is 5.07. The summed E-state index contributed by atoms with van der Waals surface area (Å²) in [4.78, 5) is 37.8. The second kappa shape index (κ2) is 9.17. The van der Waals surface area contributed by atoms with E-state index >= 15 is 0 Å². The number of carboxylic acid groups (broad SMARTS) is 1. The zero-order valence-electron chi connectivity index (χ0n) is 15.6. The molecule has 1 heterocycles. The van der Waals surface area contributed by atoms with Crippen molar-refractivity contribution in [2.24, 2.45) is 0 Å². The predicted octanol–water partition coefficient (Wildman–Crippen LogP) is 2.74. The molecule has 1 aliphatic heterocycles. The normalized spacial score (nSPS) is 14.5. The Hall–Kier alpha value is -3.15. The number of benzene rings is 2. The molecule has 2 amide bonds. The number of carboxylic acids is 1. The van der Waals surface area contributed by atoms with E-state index in [2.05, 4.69) is 5.32 Å². The van der Waals surface area contributed by atoms with Gasteiger partial charge >= 0.3 is 5.97 Å². The molecule has 0 unspecified atom stereocenters. The summed E-state index contributed by atoms with van der Waals surface area (Å²) in [7, 11) is 0. The molecule has 6 nitrogen and oxygen atoms in total. The largest absolute Gasteiger partial charge is 0.478 e. The van der Waals surface area contributed by atoms with Crippen molar-refractivity contribution in [3.8, 4) is 0 Å². The van der Waals surface area contributed by atoms with E-state index in [9.17, 15) is 19.5 Å². The molecule has 2 N–H and O–H groups in total. The topological polar surface area (TPSA) is 86.7 Å². The number of amides is 2. The van der Waals surface area contributed by atoms with Crippen LogP contribution in [0.15, 0.2) is 54.6 Å². The number of carbonyl (C=O) groups excluding carboxylic acids is 2. The highest BCUT2D eigenvalue weighted by Gasteiger charge is 2.24. The zero-order chi connectivity index (χ0) is 19.9. The maximum Gasteiger partial charge on any atom is 0.335 e. The molecule has 1 saturated heterocycles. The van der Waals surface area contributed by atoms with Crippen LogP contribution in [-0.2, 0) is 11.2 Å². The lowest BCUT2D eigenvalue weighted by Gasteiger charge is -2.32. The van der Waals surface area contributed by atoms with Crippen molar-refractivity contribution in [3.63, 3.8) is 0 Å². The van der Waals surface area contributed by atoms with Crippen molar-refractivity contribution in [1.82, 2.24) is 10.2 Å². The number of carbonyl (C=O) groups is 3. The highest BCUT2D eigenvalue weighted by molar-refractivity contribution is 5.94. The van der Waals surface area contributed by atoms with Gasteiger partial charge in [0.25, 0.3) is 5.91 Å². The standard InChI is InChI=1S/C22H24N2O4/c25-20(11-10-16-6-4-5-9-19(16)22(27)28)24-14-12-18(13-15-24)23-21(26)17-7-2-1-3-8-17/h1-9,18H,10-15H2,(H,23,26)(H,27,28). The third kappa shape index (κ3) is 4.97. The number of aromatic carboxylic acids is 1. The van der Waals surface area contributed by atoms with E-state index in [1.54, 1.807) is 41.3 Å². The first-order valence-corrected chi connectivity index (χ1v) is 9.49. The van der Waals surface area contributed by atoms with Crippen molar-refractivity contribution in [1.29, 1.82) is 0 Å². The Morgan fingerprint density at radius 1 is 0.964 bits per heavy atom. The van der Waals surface area contributed by atoms with Gasteiger partial charge in [-0.3, -0.25) is 9.59 Å². The van der Waals surface area contributed by atoms with E-state index in [0.717, 1.165) is 12.8 Å². The monoisotopic (exact) mass is 380 g/mol. The number of likely N-dealkylation sites (tertiary alicyclic amines) is 1. The zero-order valence-corrected chi connectivity index (χ0v) is 15.6. The fraction of sp³-hybridized carbons (Fsp3) is 0.318. The van der Waals surface area contributed by atoms with E-state index in [4.69, 9.17) is 0 Å². The molecule has 0 aromatic heterocycles. The van der Waals surface area contributed by atoms with Crippen molar-refractivity contribution >= 4 is 17.8 Å². The molecule has 0 radical (unpaired) electrons. The minimum atomic E-state index is -0.974. The summed E-state index contributed by atoms with van der Waals surface area (Å²) in [6, 6.07) is 15.9. The van der Waals surface area contributed by atoms with Gasteiger partial charge in [0.1, 0.15) is 0 Å². The van der Waals surface area contributed by atoms with E-state index in [1.165, 1.54) is 0 Å². The quantitative estimate of drug-likeness (QED) is 0.807. The molecule has 1 fully saturated rings. The van der Waals surface area contributed by atoms with Crippen LogP contribution < -0.4 is 5.32 Å². The molecule has 0 atom stereocenters. The van der Waals surface area contributed by atoms with Crippen LogP contribution in [0.2, 0.25) is 0 Å². The van der Waals surface area contributed by atoms with Gasteiger partial charge in [-0.1, -0.05) is 36.4 Å². The Balaban J connectivity index is 1.46. The lowest BCUT2D eigenvalue weighted by Crippen LogP contribution is -2.46. The summed E-state index contributed by atoms with van der Waals surface area (Å²) in [6.45, 7) is 1.19. The minimum absolute atomic E-state index is 0.0213. The van der Waals surface area contributed by atoms with Gasteiger partial charge in [-0.15, -0.1) is 0 Å². The number of aryl methyl sites for hydroxylation is 1.